The maximum atomic E-state index is 6.34. The number of halogens is 1. The fourth-order valence-corrected chi connectivity index (χ4v) is 3.60. The predicted octanol–water partition coefficient (Wildman–Crippen LogP) is 3.38. The van der Waals surface area contributed by atoms with Crippen molar-refractivity contribution in [3.63, 3.8) is 0 Å². The Morgan fingerprint density at radius 2 is 2.00 bits per heavy atom. The van der Waals surface area contributed by atoms with Crippen LogP contribution in [-0.2, 0) is 0 Å². The molecule has 2 N–H and O–H groups in total. The van der Waals surface area contributed by atoms with Gasteiger partial charge in [0.25, 0.3) is 0 Å². The van der Waals surface area contributed by atoms with E-state index in [2.05, 4.69) is 34.0 Å². The van der Waals surface area contributed by atoms with Gasteiger partial charge in [-0.1, -0.05) is 11.6 Å². The molecule has 0 saturated carbocycles. The molecule has 1 fully saturated rings. The maximum Gasteiger partial charge on any atom is 0.137 e. The highest BCUT2D eigenvalue weighted by molar-refractivity contribution is 6.34. The van der Waals surface area contributed by atoms with Crippen LogP contribution in [0.2, 0.25) is 5.02 Å². The van der Waals surface area contributed by atoms with Crippen LogP contribution in [0.5, 0.6) is 5.75 Å². The third-order valence-corrected chi connectivity index (χ3v) is 5.34. The molecule has 1 aliphatic rings. The highest BCUT2D eigenvalue weighted by Crippen LogP contribution is 2.33. The number of aromatic nitrogens is 3. The number of methoxy groups -OCH3 is 1. The Bertz CT molecular complexity index is 925. The molecule has 0 amide bonds. The van der Waals surface area contributed by atoms with E-state index in [-0.39, 0.29) is 5.54 Å². The molecule has 0 spiro atoms. The third kappa shape index (κ3) is 3.10. The van der Waals surface area contributed by atoms with E-state index in [0.29, 0.717) is 5.02 Å². The van der Waals surface area contributed by atoms with Crippen molar-refractivity contribution in [2.45, 2.75) is 25.3 Å². The molecule has 1 aliphatic heterocycles. The van der Waals surface area contributed by atoms with Gasteiger partial charge in [-0.3, -0.25) is 0 Å². The highest BCUT2D eigenvalue weighted by Gasteiger charge is 2.26. The van der Waals surface area contributed by atoms with Crippen LogP contribution in [0.3, 0.4) is 0 Å². The van der Waals surface area contributed by atoms with E-state index in [9.17, 15) is 0 Å². The zero-order chi connectivity index (χ0) is 18.3. The van der Waals surface area contributed by atoms with Crippen LogP contribution < -0.4 is 15.4 Å². The number of hydrogen-bond donors (Lipinski definition) is 1. The first-order valence-electron chi connectivity index (χ1n) is 8.68. The lowest BCUT2D eigenvalue weighted by atomic mass is 9.91. The van der Waals surface area contributed by atoms with Crippen LogP contribution in [0.25, 0.3) is 16.6 Å². The third-order valence-electron chi connectivity index (χ3n) is 5.07. The minimum atomic E-state index is -0.0681. The van der Waals surface area contributed by atoms with Gasteiger partial charge in [0, 0.05) is 36.0 Å². The van der Waals surface area contributed by atoms with Gasteiger partial charge >= 0.3 is 0 Å². The van der Waals surface area contributed by atoms with Gasteiger partial charge in [0.05, 0.1) is 30.0 Å². The molecular formula is C19H22ClN5O. The van der Waals surface area contributed by atoms with E-state index in [1.807, 2.05) is 18.5 Å². The number of ether oxygens (including phenoxy) is 1. The average molecular weight is 372 g/mol. The number of hydrogen-bond acceptors (Lipinski definition) is 5. The quantitative estimate of drug-likeness (QED) is 0.764. The molecule has 6 nitrogen and oxygen atoms in total. The van der Waals surface area contributed by atoms with Gasteiger partial charge in [0.2, 0.25) is 0 Å². The van der Waals surface area contributed by atoms with Gasteiger partial charge in [0.15, 0.2) is 0 Å². The molecule has 136 valence electrons. The van der Waals surface area contributed by atoms with Gasteiger partial charge in [-0.2, -0.15) is 5.10 Å². The molecule has 0 aromatic carbocycles. The number of rotatable bonds is 3. The van der Waals surface area contributed by atoms with Crippen LogP contribution in [0, 0.1) is 0 Å². The Morgan fingerprint density at radius 3 is 2.65 bits per heavy atom. The largest absolute Gasteiger partial charge is 0.495 e. The summed E-state index contributed by atoms with van der Waals surface area (Å²) in [4.78, 5) is 6.96. The molecule has 7 heteroatoms. The first kappa shape index (κ1) is 17.1. The van der Waals surface area contributed by atoms with Crippen LogP contribution in [0.15, 0.2) is 36.8 Å². The molecule has 4 rings (SSSR count). The van der Waals surface area contributed by atoms with Gasteiger partial charge in [-0.05, 0) is 38.0 Å². The molecule has 0 aliphatic carbocycles. The predicted molar refractivity (Wildman–Crippen MR) is 104 cm³/mol. The summed E-state index contributed by atoms with van der Waals surface area (Å²) >= 11 is 6.34. The van der Waals surface area contributed by atoms with Crippen molar-refractivity contribution in [3.05, 3.63) is 41.8 Å². The minimum Gasteiger partial charge on any atom is -0.495 e. The second-order valence-corrected chi connectivity index (χ2v) is 7.53. The van der Waals surface area contributed by atoms with E-state index < -0.39 is 0 Å². The Hall–Kier alpha value is -2.31. The van der Waals surface area contributed by atoms with E-state index in [0.717, 1.165) is 54.1 Å². The van der Waals surface area contributed by atoms with Gasteiger partial charge < -0.3 is 15.4 Å². The number of anilines is 1. The summed E-state index contributed by atoms with van der Waals surface area (Å²) in [5.41, 5.74) is 8.92. The second kappa shape index (κ2) is 6.45. The molecule has 26 heavy (non-hydrogen) atoms. The van der Waals surface area contributed by atoms with Gasteiger partial charge in [-0.25, -0.2) is 9.50 Å². The normalized spacial score (nSPS) is 16.8. The summed E-state index contributed by atoms with van der Waals surface area (Å²) in [7, 11) is 1.64. The summed E-state index contributed by atoms with van der Waals surface area (Å²) < 4.78 is 7.12. The molecular weight excluding hydrogens is 350 g/mol. The molecule has 0 bridgehead atoms. The van der Waals surface area contributed by atoms with Gasteiger partial charge in [0.1, 0.15) is 11.6 Å². The second-order valence-electron chi connectivity index (χ2n) is 7.13. The molecule has 1 saturated heterocycles. The van der Waals surface area contributed by atoms with Crippen LogP contribution in [0.4, 0.5) is 5.82 Å². The lowest BCUT2D eigenvalue weighted by Crippen LogP contribution is -2.48. The standard InChI is InChI=1S/C19H22ClN5O/c1-19(21)5-7-24(8-6-19)17-4-3-13(10-22-17)15-9-14(26-2)12-25-18(15)16(20)11-23-25/h3-4,9-12H,5-8,21H2,1-2H3. The Kier molecular flexibility index (Phi) is 4.25. The monoisotopic (exact) mass is 371 g/mol. The number of piperidine rings is 1. The van der Waals surface area contributed by atoms with Crippen molar-refractivity contribution < 1.29 is 4.74 Å². The number of pyridine rings is 2. The van der Waals surface area contributed by atoms with E-state index >= 15 is 0 Å². The van der Waals surface area contributed by atoms with Crippen molar-refractivity contribution in [2.24, 2.45) is 5.73 Å². The van der Waals surface area contributed by atoms with Crippen molar-refractivity contribution in [1.29, 1.82) is 0 Å². The average Bonchev–Trinajstić information content (AvgIpc) is 3.02. The Labute approximate surface area is 157 Å². The summed E-state index contributed by atoms with van der Waals surface area (Å²) in [6.07, 6.45) is 7.27. The lowest BCUT2D eigenvalue weighted by Gasteiger charge is -2.37. The van der Waals surface area contributed by atoms with Crippen LogP contribution in [0.1, 0.15) is 19.8 Å². The van der Waals surface area contributed by atoms with Crippen molar-refractivity contribution in [3.8, 4) is 16.9 Å². The first-order chi connectivity index (χ1) is 12.5. The van der Waals surface area contributed by atoms with Crippen LogP contribution in [-0.4, -0.2) is 40.3 Å². The SMILES string of the molecule is COc1cc(-c2ccc(N3CCC(C)(N)CC3)nc2)c2c(Cl)cnn2c1. The minimum absolute atomic E-state index is 0.0681. The first-order valence-corrected chi connectivity index (χ1v) is 9.06. The lowest BCUT2D eigenvalue weighted by molar-refractivity contribution is 0.363. The molecule has 0 radical (unpaired) electrons. The summed E-state index contributed by atoms with van der Waals surface area (Å²) in [6, 6.07) is 6.08. The number of fused-ring (bicyclic) bond motifs is 1. The van der Waals surface area contributed by atoms with E-state index in [4.69, 9.17) is 22.1 Å². The van der Waals surface area contributed by atoms with Crippen molar-refractivity contribution in [2.75, 3.05) is 25.1 Å². The molecule has 3 aromatic rings. The topological polar surface area (TPSA) is 68.7 Å². The molecule has 0 atom stereocenters. The highest BCUT2D eigenvalue weighted by atomic mass is 35.5. The fourth-order valence-electron chi connectivity index (χ4n) is 3.37. The molecule has 3 aromatic heterocycles. The van der Waals surface area contributed by atoms with Crippen molar-refractivity contribution in [1.82, 2.24) is 14.6 Å². The smallest absolute Gasteiger partial charge is 0.137 e. The van der Waals surface area contributed by atoms with Crippen molar-refractivity contribution >= 4 is 22.9 Å². The Balaban J connectivity index is 1.67. The zero-order valence-electron chi connectivity index (χ0n) is 14.9. The van der Waals surface area contributed by atoms with E-state index in [1.165, 1.54) is 0 Å². The van der Waals surface area contributed by atoms with Gasteiger partial charge in [-0.15, -0.1) is 0 Å². The van der Waals surface area contributed by atoms with E-state index in [1.54, 1.807) is 17.8 Å². The summed E-state index contributed by atoms with van der Waals surface area (Å²) in [6.45, 7) is 3.97. The van der Waals surface area contributed by atoms with Crippen LogP contribution >= 0.6 is 11.6 Å². The summed E-state index contributed by atoms with van der Waals surface area (Å²) in [5, 5.41) is 4.88. The number of nitrogens with zero attached hydrogens (tertiary/aromatic N) is 4. The fraction of sp³-hybridized carbons (Fsp3) is 0.368. The Morgan fingerprint density at radius 1 is 1.23 bits per heavy atom. The number of nitrogens with two attached hydrogens (primary N) is 1. The zero-order valence-corrected chi connectivity index (χ0v) is 15.7. The maximum absolute atomic E-state index is 6.34. The molecule has 0 unspecified atom stereocenters. The molecule has 4 heterocycles. The summed E-state index contributed by atoms with van der Waals surface area (Å²) in [5.74, 6) is 1.69.